The van der Waals surface area contributed by atoms with Gasteiger partial charge in [-0.15, -0.1) is 0 Å². The molecule has 2 aromatic rings. The molecule has 2 aromatic carbocycles. The van der Waals surface area contributed by atoms with Crippen molar-refractivity contribution in [3.8, 4) is 11.8 Å². The van der Waals surface area contributed by atoms with Gasteiger partial charge >= 0.3 is 0 Å². The average molecular weight is 352 g/mol. The molecule has 0 saturated carbocycles. The van der Waals surface area contributed by atoms with Gasteiger partial charge in [0.2, 0.25) is 0 Å². The number of hydrogen-bond donors (Lipinski definition) is 0. The Morgan fingerprint density at radius 2 is 1.77 bits per heavy atom. The van der Waals surface area contributed by atoms with Gasteiger partial charge in [-0.2, -0.15) is 5.26 Å². The largest absolute Gasteiger partial charge is 0.492 e. The zero-order valence-corrected chi connectivity index (χ0v) is 14.6. The van der Waals surface area contributed by atoms with Gasteiger partial charge in [0.1, 0.15) is 11.4 Å². The number of piperazine rings is 1. The Hall–Kier alpha value is -3.27. The van der Waals surface area contributed by atoms with Crippen molar-refractivity contribution in [3.05, 3.63) is 58.1 Å². The summed E-state index contributed by atoms with van der Waals surface area (Å²) in [7, 11) is 0. The van der Waals surface area contributed by atoms with Gasteiger partial charge in [0.05, 0.1) is 28.9 Å². The van der Waals surface area contributed by atoms with Crippen LogP contribution < -0.4 is 14.5 Å². The van der Waals surface area contributed by atoms with Crippen LogP contribution in [0.25, 0.3) is 0 Å². The third-order valence-electron chi connectivity index (χ3n) is 4.43. The highest BCUT2D eigenvalue weighted by Gasteiger charge is 2.25. The van der Waals surface area contributed by atoms with Gasteiger partial charge in [-0.05, 0) is 31.2 Å². The highest BCUT2D eigenvalue weighted by molar-refractivity contribution is 5.67. The molecule has 1 aliphatic heterocycles. The Bertz CT molecular complexity index is 839. The van der Waals surface area contributed by atoms with E-state index in [-0.39, 0.29) is 5.69 Å². The number of para-hydroxylation sites is 2. The monoisotopic (exact) mass is 352 g/mol. The van der Waals surface area contributed by atoms with Crippen LogP contribution in [0.2, 0.25) is 0 Å². The second-order valence-electron chi connectivity index (χ2n) is 5.95. The van der Waals surface area contributed by atoms with E-state index in [2.05, 4.69) is 11.0 Å². The second-order valence-corrected chi connectivity index (χ2v) is 5.95. The predicted octanol–water partition coefficient (Wildman–Crippen LogP) is 3.19. The van der Waals surface area contributed by atoms with E-state index in [0.717, 1.165) is 24.5 Å². The van der Waals surface area contributed by atoms with E-state index >= 15 is 0 Å². The van der Waals surface area contributed by atoms with E-state index in [1.165, 1.54) is 12.1 Å². The highest BCUT2D eigenvalue weighted by Crippen LogP contribution is 2.33. The molecule has 0 aromatic heterocycles. The third kappa shape index (κ3) is 3.54. The number of nitro groups is 1. The fraction of sp³-hybridized carbons (Fsp3) is 0.316. The molecule has 1 saturated heterocycles. The summed E-state index contributed by atoms with van der Waals surface area (Å²) in [6, 6.07) is 14.4. The van der Waals surface area contributed by atoms with Crippen molar-refractivity contribution in [1.29, 1.82) is 5.26 Å². The van der Waals surface area contributed by atoms with Crippen molar-refractivity contribution in [2.75, 3.05) is 42.6 Å². The zero-order valence-electron chi connectivity index (χ0n) is 14.6. The van der Waals surface area contributed by atoms with Crippen molar-refractivity contribution in [3.63, 3.8) is 0 Å². The molecular formula is C19H20N4O3. The fourth-order valence-corrected chi connectivity index (χ4v) is 3.18. The standard InChI is InChI=1S/C19H20N4O3/c1-2-26-19-6-4-3-5-17(19)21-9-11-22(12-10-21)18-13-15(14-20)7-8-16(18)23(24)25/h3-8,13H,2,9-12H2,1H3. The summed E-state index contributed by atoms with van der Waals surface area (Å²) in [5, 5.41) is 20.4. The Kier molecular flexibility index (Phi) is 5.23. The highest BCUT2D eigenvalue weighted by atomic mass is 16.6. The first-order valence-corrected chi connectivity index (χ1v) is 8.54. The van der Waals surface area contributed by atoms with E-state index in [4.69, 9.17) is 10.00 Å². The minimum atomic E-state index is -0.396. The maximum Gasteiger partial charge on any atom is 0.292 e. The average Bonchev–Trinajstić information content (AvgIpc) is 2.68. The van der Waals surface area contributed by atoms with Crippen molar-refractivity contribution < 1.29 is 9.66 Å². The van der Waals surface area contributed by atoms with Crippen LogP contribution in [-0.2, 0) is 0 Å². The van der Waals surface area contributed by atoms with Crippen LogP contribution in [0.4, 0.5) is 17.1 Å². The Labute approximate surface area is 152 Å². The van der Waals surface area contributed by atoms with Crippen LogP contribution in [0.15, 0.2) is 42.5 Å². The van der Waals surface area contributed by atoms with Gasteiger partial charge in [-0.1, -0.05) is 12.1 Å². The first-order valence-electron chi connectivity index (χ1n) is 8.54. The molecule has 7 heteroatoms. The van der Waals surface area contributed by atoms with Gasteiger partial charge in [-0.3, -0.25) is 10.1 Å². The van der Waals surface area contributed by atoms with Crippen LogP contribution in [0.1, 0.15) is 12.5 Å². The summed E-state index contributed by atoms with van der Waals surface area (Å²) < 4.78 is 5.70. The number of rotatable bonds is 5. The normalized spacial score (nSPS) is 14.0. The minimum Gasteiger partial charge on any atom is -0.492 e. The van der Waals surface area contributed by atoms with Crippen LogP contribution in [0.5, 0.6) is 5.75 Å². The van der Waals surface area contributed by atoms with E-state index in [1.54, 1.807) is 6.07 Å². The number of nitriles is 1. The zero-order chi connectivity index (χ0) is 18.5. The van der Waals surface area contributed by atoms with Gasteiger partial charge < -0.3 is 14.5 Å². The number of ether oxygens (including phenoxy) is 1. The SMILES string of the molecule is CCOc1ccccc1N1CCN(c2cc(C#N)ccc2[N+](=O)[O-])CC1. The molecule has 0 N–H and O–H groups in total. The summed E-state index contributed by atoms with van der Waals surface area (Å²) in [5.41, 5.74) is 2.00. The van der Waals surface area contributed by atoms with Crippen LogP contribution >= 0.6 is 0 Å². The maximum absolute atomic E-state index is 11.3. The predicted molar refractivity (Wildman–Crippen MR) is 99.8 cm³/mol. The molecule has 1 heterocycles. The van der Waals surface area contributed by atoms with Gasteiger partial charge in [0.15, 0.2) is 0 Å². The topological polar surface area (TPSA) is 82.6 Å². The summed E-state index contributed by atoms with van der Waals surface area (Å²) in [6.07, 6.45) is 0. The molecule has 0 bridgehead atoms. The molecule has 1 fully saturated rings. The molecule has 0 aliphatic carbocycles. The summed E-state index contributed by atoms with van der Waals surface area (Å²) >= 11 is 0. The lowest BCUT2D eigenvalue weighted by molar-refractivity contribution is -0.384. The number of nitrogens with zero attached hydrogens (tertiary/aromatic N) is 4. The molecule has 0 unspecified atom stereocenters. The first-order chi connectivity index (χ1) is 12.6. The molecule has 26 heavy (non-hydrogen) atoms. The number of nitro benzene ring substituents is 1. The van der Waals surface area contributed by atoms with Crippen LogP contribution in [0, 0.1) is 21.4 Å². The third-order valence-corrected chi connectivity index (χ3v) is 4.43. The first kappa shape index (κ1) is 17.5. The lowest BCUT2D eigenvalue weighted by Crippen LogP contribution is -2.46. The molecule has 7 nitrogen and oxygen atoms in total. The number of anilines is 2. The van der Waals surface area contributed by atoms with Crippen LogP contribution in [-0.4, -0.2) is 37.7 Å². The van der Waals surface area contributed by atoms with Crippen molar-refractivity contribution in [2.45, 2.75) is 6.92 Å². The lowest BCUT2D eigenvalue weighted by atomic mass is 10.1. The molecular weight excluding hydrogens is 332 g/mol. The molecule has 0 spiro atoms. The summed E-state index contributed by atoms with van der Waals surface area (Å²) in [4.78, 5) is 15.1. The second kappa shape index (κ2) is 7.74. The molecule has 0 radical (unpaired) electrons. The molecule has 0 atom stereocenters. The van der Waals surface area contributed by atoms with Crippen molar-refractivity contribution >= 4 is 17.1 Å². The molecule has 3 rings (SSSR count). The number of hydrogen-bond acceptors (Lipinski definition) is 6. The van der Waals surface area contributed by atoms with Gasteiger partial charge in [0.25, 0.3) is 5.69 Å². The van der Waals surface area contributed by atoms with Gasteiger partial charge in [0, 0.05) is 32.2 Å². The minimum absolute atomic E-state index is 0.0344. The van der Waals surface area contributed by atoms with E-state index < -0.39 is 4.92 Å². The lowest BCUT2D eigenvalue weighted by Gasteiger charge is -2.37. The van der Waals surface area contributed by atoms with E-state index in [9.17, 15) is 10.1 Å². The smallest absolute Gasteiger partial charge is 0.292 e. The van der Waals surface area contributed by atoms with Crippen molar-refractivity contribution in [2.24, 2.45) is 0 Å². The van der Waals surface area contributed by atoms with Gasteiger partial charge in [-0.25, -0.2) is 0 Å². The fourth-order valence-electron chi connectivity index (χ4n) is 3.18. The maximum atomic E-state index is 11.3. The van der Waals surface area contributed by atoms with E-state index in [1.807, 2.05) is 36.1 Å². The molecule has 0 amide bonds. The quantitative estimate of drug-likeness (QED) is 0.607. The summed E-state index contributed by atoms with van der Waals surface area (Å²) in [5.74, 6) is 0.848. The molecule has 134 valence electrons. The molecule has 1 aliphatic rings. The Morgan fingerprint density at radius 1 is 1.12 bits per heavy atom. The summed E-state index contributed by atoms with van der Waals surface area (Å²) in [6.45, 7) is 5.27. The Balaban J connectivity index is 1.79. The number of benzene rings is 2. The Morgan fingerprint density at radius 3 is 2.38 bits per heavy atom. The van der Waals surface area contributed by atoms with Crippen molar-refractivity contribution in [1.82, 2.24) is 0 Å². The van der Waals surface area contributed by atoms with Crippen LogP contribution in [0.3, 0.4) is 0 Å². The van der Waals surface area contributed by atoms with E-state index in [0.29, 0.717) is 30.9 Å².